The molecular weight excluding hydrogens is 356 g/mol. The average Bonchev–Trinajstić information content (AvgIpc) is 3.27. The fourth-order valence-corrected chi connectivity index (χ4v) is 3.57. The molecule has 1 atom stereocenters. The highest BCUT2D eigenvalue weighted by Crippen LogP contribution is 2.29. The Balaban J connectivity index is 1.71. The van der Waals surface area contributed by atoms with Crippen molar-refractivity contribution >= 4 is 40.5 Å². The predicted octanol–water partition coefficient (Wildman–Crippen LogP) is 2.53. The van der Waals surface area contributed by atoms with Gasteiger partial charge in [-0.05, 0) is 23.6 Å². The van der Waals surface area contributed by atoms with Gasteiger partial charge in [0.15, 0.2) is 0 Å². The molecule has 0 spiro atoms. The summed E-state index contributed by atoms with van der Waals surface area (Å²) >= 11 is 1.19. The highest BCUT2D eigenvalue weighted by Gasteiger charge is 2.35. The molecule has 1 unspecified atom stereocenters. The van der Waals surface area contributed by atoms with Crippen LogP contribution in [0.2, 0.25) is 0 Å². The molecule has 0 radical (unpaired) electrons. The van der Waals surface area contributed by atoms with Crippen LogP contribution >= 0.6 is 11.3 Å². The zero-order valence-corrected chi connectivity index (χ0v) is 15.2. The van der Waals surface area contributed by atoms with Crippen LogP contribution in [0.25, 0.3) is 0 Å². The number of benzene rings is 1. The number of hydrogen-bond acceptors (Lipinski definition) is 6. The van der Waals surface area contributed by atoms with Gasteiger partial charge in [-0.2, -0.15) is 0 Å². The fourth-order valence-electron chi connectivity index (χ4n) is 2.80. The first kappa shape index (κ1) is 17.9. The Bertz CT molecular complexity index is 848. The summed E-state index contributed by atoms with van der Waals surface area (Å²) in [5.41, 5.74) is 1.09. The summed E-state index contributed by atoms with van der Waals surface area (Å²) in [4.78, 5) is 38.5. The molecule has 1 aliphatic heterocycles. The van der Waals surface area contributed by atoms with Gasteiger partial charge in [-0.25, -0.2) is 4.79 Å². The van der Waals surface area contributed by atoms with Gasteiger partial charge in [0, 0.05) is 24.7 Å². The number of methoxy groups -OCH3 is 2. The van der Waals surface area contributed by atoms with E-state index in [1.54, 1.807) is 47.7 Å². The van der Waals surface area contributed by atoms with Crippen LogP contribution in [0.15, 0.2) is 35.7 Å². The number of nitrogens with one attached hydrogen (secondary N) is 1. The second kappa shape index (κ2) is 7.57. The summed E-state index contributed by atoms with van der Waals surface area (Å²) < 4.78 is 9.88. The zero-order chi connectivity index (χ0) is 18.7. The lowest BCUT2D eigenvalue weighted by atomic mass is 10.1. The normalized spacial score (nSPS) is 16.5. The van der Waals surface area contributed by atoms with Gasteiger partial charge in [0.05, 0.1) is 25.8 Å². The van der Waals surface area contributed by atoms with E-state index in [-0.39, 0.29) is 24.8 Å². The van der Waals surface area contributed by atoms with Crippen LogP contribution in [0.4, 0.5) is 11.4 Å². The first-order valence-corrected chi connectivity index (χ1v) is 8.82. The van der Waals surface area contributed by atoms with Crippen LogP contribution < -0.4 is 15.0 Å². The first-order valence-electron chi connectivity index (χ1n) is 7.94. The molecule has 0 bridgehead atoms. The van der Waals surface area contributed by atoms with E-state index in [2.05, 4.69) is 5.32 Å². The van der Waals surface area contributed by atoms with Crippen molar-refractivity contribution in [1.29, 1.82) is 0 Å². The van der Waals surface area contributed by atoms with Gasteiger partial charge in [0.25, 0.3) is 0 Å². The Morgan fingerprint density at radius 3 is 2.81 bits per heavy atom. The molecule has 8 heteroatoms. The third kappa shape index (κ3) is 3.55. The Morgan fingerprint density at radius 2 is 2.08 bits per heavy atom. The molecule has 3 rings (SSSR count). The van der Waals surface area contributed by atoms with Crippen LogP contribution in [0, 0.1) is 5.92 Å². The standard InChI is InChI=1S/C18H18N2O5S/c1-24-13-5-3-4-12(9-13)20-10-11(8-15(20)21)17(22)19-14-6-7-26-16(14)18(23)25-2/h3-7,9,11H,8,10H2,1-2H3,(H,19,22). The van der Waals surface area contributed by atoms with Gasteiger partial charge in [-0.1, -0.05) is 6.07 Å². The lowest BCUT2D eigenvalue weighted by molar-refractivity contribution is -0.122. The molecule has 7 nitrogen and oxygen atoms in total. The molecule has 1 fully saturated rings. The third-order valence-corrected chi connectivity index (χ3v) is 5.05. The van der Waals surface area contributed by atoms with E-state index >= 15 is 0 Å². The smallest absolute Gasteiger partial charge is 0.350 e. The van der Waals surface area contributed by atoms with E-state index in [9.17, 15) is 14.4 Å². The maximum Gasteiger partial charge on any atom is 0.350 e. The number of anilines is 2. The van der Waals surface area contributed by atoms with Gasteiger partial charge < -0.3 is 19.7 Å². The summed E-state index contributed by atoms with van der Waals surface area (Å²) in [6, 6.07) is 8.79. The van der Waals surface area contributed by atoms with Crippen molar-refractivity contribution in [2.45, 2.75) is 6.42 Å². The molecule has 1 N–H and O–H groups in total. The number of carbonyl (C=O) groups excluding carboxylic acids is 3. The summed E-state index contributed by atoms with van der Waals surface area (Å²) in [6.07, 6.45) is 0.112. The minimum Gasteiger partial charge on any atom is -0.497 e. The summed E-state index contributed by atoms with van der Waals surface area (Å²) in [6.45, 7) is 0.273. The Kier molecular flexibility index (Phi) is 5.22. The third-order valence-electron chi connectivity index (χ3n) is 4.15. The van der Waals surface area contributed by atoms with E-state index in [4.69, 9.17) is 9.47 Å². The van der Waals surface area contributed by atoms with E-state index in [0.29, 0.717) is 22.0 Å². The maximum atomic E-state index is 12.6. The van der Waals surface area contributed by atoms with E-state index in [1.807, 2.05) is 0 Å². The molecule has 1 aromatic carbocycles. The maximum absolute atomic E-state index is 12.6. The molecule has 1 aliphatic rings. The molecule has 26 heavy (non-hydrogen) atoms. The molecule has 0 saturated carbocycles. The topological polar surface area (TPSA) is 84.9 Å². The zero-order valence-electron chi connectivity index (χ0n) is 14.4. The quantitative estimate of drug-likeness (QED) is 0.813. The number of rotatable bonds is 5. The van der Waals surface area contributed by atoms with Gasteiger partial charge in [-0.15, -0.1) is 11.3 Å². The molecule has 0 aliphatic carbocycles. The van der Waals surface area contributed by atoms with Gasteiger partial charge in [0.1, 0.15) is 10.6 Å². The monoisotopic (exact) mass is 374 g/mol. The van der Waals surface area contributed by atoms with Gasteiger partial charge >= 0.3 is 5.97 Å². The van der Waals surface area contributed by atoms with Crippen molar-refractivity contribution in [3.05, 3.63) is 40.6 Å². The highest BCUT2D eigenvalue weighted by molar-refractivity contribution is 7.12. The van der Waals surface area contributed by atoms with Crippen molar-refractivity contribution in [2.24, 2.45) is 5.92 Å². The predicted molar refractivity (Wildman–Crippen MR) is 97.7 cm³/mol. The van der Waals surface area contributed by atoms with Crippen molar-refractivity contribution in [2.75, 3.05) is 31.0 Å². The number of esters is 1. The van der Waals surface area contributed by atoms with Gasteiger partial charge in [0.2, 0.25) is 11.8 Å². The van der Waals surface area contributed by atoms with Crippen molar-refractivity contribution in [3.63, 3.8) is 0 Å². The van der Waals surface area contributed by atoms with Crippen LogP contribution in [0.3, 0.4) is 0 Å². The summed E-state index contributed by atoms with van der Waals surface area (Å²) in [7, 11) is 2.84. The highest BCUT2D eigenvalue weighted by atomic mass is 32.1. The molecule has 136 valence electrons. The SMILES string of the molecule is COC(=O)c1sccc1NC(=O)C1CC(=O)N(c2cccc(OC)c2)C1. The molecular formula is C18H18N2O5S. The minimum atomic E-state index is -0.504. The summed E-state index contributed by atoms with van der Waals surface area (Å²) in [5, 5.41) is 4.43. The van der Waals surface area contributed by atoms with Crippen molar-refractivity contribution in [3.8, 4) is 5.75 Å². The van der Waals surface area contributed by atoms with Crippen LogP contribution in [0.1, 0.15) is 16.1 Å². The van der Waals surface area contributed by atoms with Crippen LogP contribution in [0.5, 0.6) is 5.75 Å². The van der Waals surface area contributed by atoms with Crippen molar-refractivity contribution in [1.82, 2.24) is 0 Å². The van der Waals surface area contributed by atoms with Crippen LogP contribution in [-0.2, 0) is 14.3 Å². The second-order valence-corrected chi connectivity index (χ2v) is 6.67. The largest absolute Gasteiger partial charge is 0.497 e. The average molecular weight is 374 g/mol. The summed E-state index contributed by atoms with van der Waals surface area (Å²) in [5.74, 6) is -0.789. The number of nitrogens with zero attached hydrogens (tertiary/aromatic N) is 1. The first-order chi connectivity index (χ1) is 12.5. The minimum absolute atomic E-state index is 0.112. The Labute approximate surface area is 154 Å². The van der Waals surface area contributed by atoms with Crippen LogP contribution in [-0.4, -0.2) is 38.5 Å². The number of hydrogen-bond donors (Lipinski definition) is 1. The molecule has 1 aromatic heterocycles. The molecule has 2 aromatic rings. The fraction of sp³-hybridized carbons (Fsp3) is 0.278. The van der Waals surface area contributed by atoms with E-state index in [1.165, 1.54) is 18.4 Å². The number of ether oxygens (including phenoxy) is 2. The number of carbonyl (C=O) groups is 3. The lowest BCUT2D eigenvalue weighted by Crippen LogP contribution is -2.28. The molecule has 2 amide bonds. The lowest BCUT2D eigenvalue weighted by Gasteiger charge is -2.17. The Morgan fingerprint density at radius 1 is 1.27 bits per heavy atom. The molecule has 1 saturated heterocycles. The number of amides is 2. The molecule has 2 heterocycles. The van der Waals surface area contributed by atoms with E-state index in [0.717, 1.165) is 0 Å². The van der Waals surface area contributed by atoms with Gasteiger partial charge in [-0.3, -0.25) is 9.59 Å². The number of thiophene rings is 1. The second-order valence-electron chi connectivity index (χ2n) is 5.75. The van der Waals surface area contributed by atoms with Crippen molar-refractivity contribution < 1.29 is 23.9 Å². The Hall–Kier alpha value is -2.87. The van der Waals surface area contributed by atoms with E-state index < -0.39 is 11.9 Å².